The molecular weight excluding hydrogens is 422 g/mol. The third kappa shape index (κ3) is 4.48. The molecule has 1 aromatic heterocycles. The standard InChI is InChI=1S/C29H33N3O2/c1-22(24-8-5-4-6-9-24)31-14-16-32(17-15-31)27-11-7-10-25-20-30(21-26(25)27)19-23-12-13-28(33-2)29(18-23)34-3/h4-13,18,20-22H,14-17,19H2,1-3H3/t22-/m1/s1. The molecule has 1 fully saturated rings. The Labute approximate surface area is 202 Å². The van der Waals surface area contributed by atoms with Gasteiger partial charge >= 0.3 is 0 Å². The van der Waals surface area contributed by atoms with Crippen molar-refractivity contribution in [3.05, 3.63) is 90.3 Å². The van der Waals surface area contributed by atoms with E-state index < -0.39 is 0 Å². The molecule has 0 unspecified atom stereocenters. The van der Waals surface area contributed by atoms with Crippen LogP contribution in [0.1, 0.15) is 24.1 Å². The minimum absolute atomic E-state index is 0.446. The lowest BCUT2D eigenvalue weighted by Crippen LogP contribution is -2.47. The summed E-state index contributed by atoms with van der Waals surface area (Å²) in [5.74, 6) is 1.52. The fourth-order valence-electron chi connectivity index (χ4n) is 5.05. The van der Waals surface area contributed by atoms with E-state index in [2.05, 4.69) is 94.3 Å². The topological polar surface area (TPSA) is 29.9 Å². The van der Waals surface area contributed by atoms with Crippen molar-refractivity contribution >= 4 is 16.5 Å². The molecule has 1 aliphatic rings. The summed E-state index contributed by atoms with van der Waals surface area (Å²) in [5, 5.41) is 2.59. The van der Waals surface area contributed by atoms with Crippen LogP contribution in [-0.2, 0) is 6.54 Å². The summed E-state index contributed by atoms with van der Waals surface area (Å²) in [4.78, 5) is 5.13. The Balaban J connectivity index is 1.32. The highest BCUT2D eigenvalue weighted by Crippen LogP contribution is 2.31. The fraction of sp³-hybridized carbons (Fsp3) is 0.310. The molecule has 0 aliphatic carbocycles. The number of benzene rings is 3. The second-order valence-corrected chi connectivity index (χ2v) is 9.01. The molecule has 0 spiro atoms. The van der Waals surface area contributed by atoms with Crippen LogP contribution in [0.25, 0.3) is 10.8 Å². The largest absolute Gasteiger partial charge is 0.493 e. The Morgan fingerprint density at radius 1 is 0.794 bits per heavy atom. The lowest BCUT2D eigenvalue weighted by atomic mass is 10.1. The van der Waals surface area contributed by atoms with Crippen molar-refractivity contribution in [2.24, 2.45) is 0 Å². The zero-order valence-corrected chi connectivity index (χ0v) is 20.3. The highest BCUT2D eigenvalue weighted by atomic mass is 16.5. The summed E-state index contributed by atoms with van der Waals surface area (Å²) >= 11 is 0. The molecule has 0 bridgehead atoms. The van der Waals surface area contributed by atoms with Crippen molar-refractivity contribution < 1.29 is 9.47 Å². The van der Waals surface area contributed by atoms with Crippen LogP contribution >= 0.6 is 0 Å². The lowest BCUT2D eigenvalue weighted by Gasteiger charge is -2.39. The number of hydrogen-bond acceptors (Lipinski definition) is 4. The first-order valence-corrected chi connectivity index (χ1v) is 12.0. The van der Waals surface area contributed by atoms with Gasteiger partial charge in [-0.05, 0) is 36.2 Å². The SMILES string of the molecule is COc1ccc(Cn2cc3cccc(N4CCN([C@H](C)c5ccccc5)CC4)c3c2)cc1OC. The quantitative estimate of drug-likeness (QED) is 0.363. The van der Waals surface area contributed by atoms with Crippen molar-refractivity contribution in [2.45, 2.75) is 19.5 Å². The van der Waals surface area contributed by atoms with Gasteiger partial charge < -0.3 is 18.9 Å². The number of ether oxygens (including phenoxy) is 2. The number of fused-ring (bicyclic) bond motifs is 1. The van der Waals surface area contributed by atoms with Crippen molar-refractivity contribution in [3.63, 3.8) is 0 Å². The van der Waals surface area contributed by atoms with E-state index in [1.54, 1.807) is 14.2 Å². The van der Waals surface area contributed by atoms with E-state index in [-0.39, 0.29) is 0 Å². The van der Waals surface area contributed by atoms with E-state index in [1.165, 1.54) is 27.6 Å². The van der Waals surface area contributed by atoms with Crippen LogP contribution in [0, 0.1) is 0 Å². The fourth-order valence-corrected chi connectivity index (χ4v) is 5.05. The summed E-state index contributed by atoms with van der Waals surface area (Å²) < 4.78 is 13.1. The van der Waals surface area contributed by atoms with Gasteiger partial charge in [0, 0.05) is 67.6 Å². The van der Waals surface area contributed by atoms with Crippen LogP contribution in [0.4, 0.5) is 5.69 Å². The van der Waals surface area contributed by atoms with Gasteiger partial charge in [-0.3, -0.25) is 4.90 Å². The summed E-state index contributed by atoms with van der Waals surface area (Å²) in [6, 6.07) is 24.0. The minimum Gasteiger partial charge on any atom is -0.493 e. The second kappa shape index (κ2) is 9.82. The highest BCUT2D eigenvalue weighted by molar-refractivity contribution is 5.94. The third-order valence-corrected chi connectivity index (χ3v) is 7.01. The van der Waals surface area contributed by atoms with Crippen LogP contribution in [0.15, 0.2) is 79.1 Å². The molecule has 176 valence electrons. The van der Waals surface area contributed by atoms with E-state index in [0.29, 0.717) is 6.04 Å². The molecule has 0 amide bonds. The predicted octanol–water partition coefficient (Wildman–Crippen LogP) is 5.59. The molecule has 0 radical (unpaired) electrons. The summed E-state index contributed by atoms with van der Waals surface area (Å²) in [5.41, 5.74) is 3.91. The van der Waals surface area contributed by atoms with Crippen LogP contribution in [0.5, 0.6) is 11.5 Å². The zero-order chi connectivity index (χ0) is 23.5. The van der Waals surface area contributed by atoms with E-state index >= 15 is 0 Å². The van der Waals surface area contributed by atoms with E-state index in [0.717, 1.165) is 44.2 Å². The number of aromatic nitrogens is 1. The van der Waals surface area contributed by atoms with Crippen molar-refractivity contribution in [3.8, 4) is 11.5 Å². The van der Waals surface area contributed by atoms with Gasteiger partial charge in [0.15, 0.2) is 11.5 Å². The Bertz CT molecular complexity index is 1240. The average molecular weight is 456 g/mol. The maximum absolute atomic E-state index is 5.48. The molecule has 0 N–H and O–H groups in total. The zero-order valence-electron chi connectivity index (χ0n) is 20.3. The van der Waals surface area contributed by atoms with Gasteiger partial charge in [0.25, 0.3) is 0 Å². The molecule has 5 rings (SSSR count). The smallest absolute Gasteiger partial charge is 0.161 e. The Kier molecular flexibility index (Phi) is 6.45. The van der Waals surface area contributed by atoms with Gasteiger partial charge in [0.1, 0.15) is 0 Å². The molecule has 5 heteroatoms. The number of hydrogen-bond donors (Lipinski definition) is 0. The van der Waals surface area contributed by atoms with Gasteiger partial charge in [-0.2, -0.15) is 0 Å². The number of methoxy groups -OCH3 is 2. The summed E-state index contributed by atoms with van der Waals surface area (Å²) in [6.45, 7) is 7.32. The number of anilines is 1. The van der Waals surface area contributed by atoms with Crippen molar-refractivity contribution in [1.29, 1.82) is 0 Å². The number of piperazine rings is 1. The molecule has 5 nitrogen and oxygen atoms in total. The summed E-state index contributed by atoms with van der Waals surface area (Å²) in [7, 11) is 3.35. The molecule has 1 atom stereocenters. The van der Waals surface area contributed by atoms with Gasteiger partial charge in [0.2, 0.25) is 0 Å². The Morgan fingerprint density at radius 2 is 1.56 bits per heavy atom. The third-order valence-electron chi connectivity index (χ3n) is 7.01. The van der Waals surface area contributed by atoms with Crippen LogP contribution in [-0.4, -0.2) is 49.9 Å². The van der Waals surface area contributed by atoms with Crippen molar-refractivity contribution in [2.75, 3.05) is 45.3 Å². The highest BCUT2D eigenvalue weighted by Gasteiger charge is 2.23. The monoisotopic (exact) mass is 455 g/mol. The second-order valence-electron chi connectivity index (χ2n) is 9.01. The molecule has 2 heterocycles. The van der Waals surface area contributed by atoms with E-state index in [9.17, 15) is 0 Å². The van der Waals surface area contributed by atoms with Crippen LogP contribution in [0.3, 0.4) is 0 Å². The first-order chi connectivity index (χ1) is 16.7. The molecule has 1 aliphatic heterocycles. The molecule has 3 aromatic carbocycles. The van der Waals surface area contributed by atoms with Crippen molar-refractivity contribution in [1.82, 2.24) is 9.47 Å². The molecule has 1 saturated heterocycles. The minimum atomic E-state index is 0.446. The summed E-state index contributed by atoms with van der Waals surface area (Å²) in [6.07, 6.45) is 4.52. The Morgan fingerprint density at radius 3 is 2.29 bits per heavy atom. The van der Waals surface area contributed by atoms with Gasteiger partial charge in [-0.1, -0.05) is 48.5 Å². The lowest BCUT2D eigenvalue weighted by molar-refractivity contribution is 0.198. The van der Waals surface area contributed by atoms with E-state index in [4.69, 9.17) is 9.47 Å². The number of rotatable bonds is 7. The maximum Gasteiger partial charge on any atom is 0.161 e. The molecule has 0 saturated carbocycles. The van der Waals surface area contributed by atoms with E-state index in [1.807, 2.05) is 6.07 Å². The van der Waals surface area contributed by atoms with Crippen LogP contribution in [0.2, 0.25) is 0 Å². The van der Waals surface area contributed by atoms with Gasteiger partial charge in [-0.15, -0.1) is 0 Å². The van der Waals surface area contributed by atoms with Gasteiger partial charge in [0.05, 0.1) is 14.2 Å². The van der Waals surface area contributed by atoms with Crippen LogP contribution < -0.4 is 14.4 Å². The normalized spacial score (nSPS) is 15.4. The number of nitrogens with zero attached hydrogens (tertiary/aromatic N) is 3. The first kappa shape index (κ1) is 22.4. The molecule has 34 heavy (non-hydrogen) atoms. The molecule has 4 aromatic rings. The first-order valence-electron chi connectivity index (χ1n) is 12.0. The average Bonchev–Trinajstić information content (AvgIpc) is 3.31. The van der Waals surface area contributed by atoms with Gasteiger partial charge in [-0.25, -0.2) is 0 Å². The predicted molar refractivity (Wildman–Crippen MR) is 139 cm³/mol. The maximum atomic E-state index is 5.48. The Hall–Kier alpha value is -3.44. The molecular formula is C29H33N3O2.